The van der Waals surface area contributed by atoms with E-state index in [4.69, 9.17) is 4.74 Å². The Morgan fingerprint density at radius 2 is 2.14 bits per heavy atom. The van der Waals surface area contributed by atoms with Gasteiger partial charge in [-0.25, -0.2) is 4.79 Å². The van der Waals surface area contributed by atoms with Crippen LogP contribution >= 0.6 is 0 Å². The average Bonchev–Trinajstić information content (AvgIpc) is 2.97. The van der Waals surface area contributed by atoms with Gasteiger partial charge in [0.2, 0.25) is 0 Å². The lowest BCUT2D eigenvalue weighted by Crippen LogP contribution is -2.43. The van der Waals surface area contributed by atoms with Crippen LogP contribution in [0.15, 0.2) is 18.3 Å². The number of ether oxygens (including phenoxy) is 1. The summed E-state index contributed by atoms with van der Waals surface area (Å²) in [5.41, 5.74) is 0.798. The number of hydrogen-bond donors (Lipinski definition) is 2. The average molecular weight is 307 g/mol. The lowest BCUT2D eigenvalue weighted by molar-refractivity contribution is 0.0183. The number of hydrogen-bond acceptors (Lipinski definition) is 3. The van der Waals surface area contributed by atoms with Crippen molar-refractivity contribution < 1.29 is 9.53 Å². The van der Waals surface area contributed by atoms with Crippen LogP contribution in [0.2, 0.25) is 0 Å². The van der Waals surface area contributed by atoms with E-state index in [2.05, 4.69) is 23.3 Å². The monoisotopic (exact) mass is 307 g/mol. The third-order valence-electron chi connectivity index (χ3n) is 4.07. The van der Waals surface area contributed by atoms with Gasteiger partial charge >= 0.3 is 6.09 Å². The Morgan fingerprint density at radius 3 is 2.68 bits per heavy atom. The summed E-state index contributed by atoms with van der Waals surface area (Å²) in [5.74, 6) is 0.621. The number of carbonyl (C=O) groups excluding carboxylic acids is 1. The number of carbonyl (C=O) groups is 1. The summed E-state index contributed by atoms with van der Waals surface area (Å²) < 4.78 is 5.43. The van der Waals surface area contributed by atoms with E-state index in [1.165, 1.54) is 5.69 Å². The minimum absolute atomic E-state index is 0.182. The number of piperidine rings is 1. The molecule has 1 aromatic heterocycles. The van der Waals surface area contributed by atoms with Gasteiger partial charge in [0.1, 0.15) is 5.60 Å². The van der Waals surface area contributed by atoms with Crippen molar-refractivity contribution in [2.45, 2.75) is 52.2 Å². The fraction of sp³-hybridized carbons (Fsp3) is 0.706. The van der Waals surface area contributed by atoms with E-state index in [-0.39, 0.29) is 6.09 Å². The van der Waals surface area contributed by atoms with Crippen molar-refractivity contribution in [3.8, 4) is 0 Å². The summed E-state index contributed by atoms with van der Waals surface area (Å²) in [6.07, 6.45) is 3.83. The predicted molar refractivity (Wildman–Crippen MR) is 87.7 cm³/mol. The Hall–Kier alpha value is -1.49. The zero-order valence-corrected chi connectivity index (χ0v) is 14.2. The third-order valence-corrected chi connectivity index (χ3v) is 4.07. The van der Waals surface area contributed by atoms with Gasteiger partial charge in [-0.2, -0.15) is 0 Å². The molecule has 0 radical (unpaired) electrons. The number of nitrogens with one attached hydrogen (secondary N) is 2. The topological polar surface area (TPSA) is 57.4 Å². The van der Waals surface area contributed by atoms with Gasteiger partial charge in [-0.05, 0) is 65.1 Å². The molecule has 2 N–H and O–H groups in total. The van der Waals surface area contributed by atoms with Gasteiger partial charge in [0.25, 0.3) is 0 Å². The first-order valence-corrected chi connectivity index (χ1v) is 8.20. The Morgan fingerprint density at radius 1 is 1.45 bits per heavy atom. The summed E-state index contributed by atoms with van der Waals surface area (Å²) in [7, 11) is 0. The predicted octanol–water partition coefficient (Wildman–Crippen LogP) is 3.31. The molecule has 1 fully saturated rings. The molecule has 1 atom stereocenters. The van der Waals surface area contributed by atoms with Gasteiger partial charge in [0.05, 0.1) is 0 Å². The SMILES string of the molecule is C[C@@H](NCC1CCN(C(=O)OC(C)(C)C)CC1)c1ccc[nH]1. The smallest absolute Gasteiger partial charge is 0.410 e. The second-order valence-electron chi connectivity index (χ2n) is 7.17. The highest BCUT2D eigenvalue weighted by Gasteiger charge is 2.26. The zero-order chi connectivity index (χ0) is 16.2. The summed E-state index contributed by atoms with van der Waals surface area (Å²) in [6.45, 7) is 10.5. The summed E-state index contributed by atoms with van der Waals surface area (Å²) in [6, 6.07) is 4.45. The van der Waals surface area contributed by atoms with Gasteiger partial charge in [0.15, 0.2) is 0 Å². The van der Waals surface area contributed by atoms with E-state index < -0.39 is 5.60 Å². The number of nitrogens with zero attached hydrogens (tertiary/aromatic N) is 1. The van der Waals surface area contributed by atoms with E-state index in [0.717, 1.165) is 32.5 Å². The van der Waals surface area contributed by atoms with Crippen LogP contribution in [-0.4, -0.2) is 41.2 Å². The molecule has 1 aliphatic heterocycles. The maximum absolute atomic E-state index is 12.0. The minimum atomic E-state index is -0.416. The minimum Gasteiger partial charge on any atom is -0.444 e. The van der Waals surface area contributed by atoms with Gasteiger partial charge in [-0.15, -0.1) is 0 Å². The van der Waals surface area contributed by atoms with Gasteiger partial charge < -0.3 is 19.9 Å². The lowest BCUT2D eigenvalue weighted by Gasteiger charge is -2.33. The van der Waals surface area contributed by atoms with Crippen molar-refractivity contribution in [1.29, 1.82) is 0 Å². The second kappa shape index (κ2) is 7.18. The van der Waals surface area contributed by atoms with Crippen molar-refractivity contribution in [2.75, 3.05) is 19.6 Å². The molecule has 22 heavy (non-hydrogen) atoms. The number of aromatic amines is 1. The van der Waals surface area contributed by atoms with E-state index in [0.29, 0.717) is 12.0 Å². The second-order valence-corrected chi connectivity index (χ2v) is 7.17. The maximum Gasteiger partial charge on any atom is 0.410 e. The van der Waals surface area contributed by atoms with Crippen LogP contribution in [0.3, 0.4) is 0 Å². The standard InChI is InChI=1S/C17H29N3O2/c1-13(15-6-5-9-18-15)19-12-14-7-10-20(11-8-14)16(21)22-17(2,3)4/h5-6,9,13-14,18-19H,7-8,10-12H2,1-4H3/t13-/m1/s1. The Kier molecular flexibility index (Phi) is 5.51. The molecule has 0 saturated carbocycles. The highest BCUT2D eigenvalue weighted by atomic mass is 16.6. The molecule has 0 bridgehead atoms. The Labute approximate surface area is 133 Å². The van der Waals surface area contributed by atoms with Crippen molar-refractivity contribution in [2.24, 2.45) is 5.92 Å². The molecule has 1 saturated heterocycles. The van der Waals surface area contributed by atoms with Crippen molar-refractivity contribution in [1.82, 2.24) is 15.2 Å². The van der Waals surface area contributed by atoms with Crippen molar-refractivity contribution >= 4 is 6.09 Å². The van der Waals surface area contributed by atoms with Crippen LogP contribution in [-0.2, 0) is 4.74 Å². The Bertz CT molecular complexity index is 457. The van der Waals surface area contributed by atoms with E-state index in [1.54, 1.807) is 0 Å². The lowest BCUT2D eigenvalue weighted by atomic mass is 9.96. The van der Waals surface area contributed by atoms with Crippen LogP contribution in [0.5, 0.6) is 0 Å². The van der Waals surface area contributed by atoms with Gasteiger partial charge in [0, 0.05) is 31.0 Å². The molecule has 0 spiro atoms. The number of rotatable bonds is 4. The summed E-state index contributed by atoms with van der Waals surface area (Å²) in [4.78, 5) is 17.1. The van der Waals surface area contributed by atoms with Gasteiger partial charge in [-0.3, -0.25) is 0 Å². The van der Waals surface area contributed by atoms with Crippen LogP contribution in [0, 0.1) is 5.92 Å². The molecule has 1 aromatic rings. The first-order chi connectivity index (χ1) is 10.3. The molecule has 2 heterocycles. The van der Waals surface area contributed by atoms with E-state index >= 15 is 0 Å². The molecule has 0 aliphatic carbocycles. The normalized spacial score (nSPS) is 18.3. The molecular formula is C17H29N3O2. The van der Waals surface area contributed by atoms with Crippen LogP contribution < -0.4 is 5.32 Å². The molecular weight excluding hydrogens is 278 g/mol. The van der Waals surface area contributed by atoms with E-state index in [9.17, 15) is 4.79 Å². The molecule has 5 heteroatoms. The fourth-order valence-corrected chi connectivity index (χ4v) is 2.71. The van der Waals surface area contributed by atoms with Gasteiger partial charge in [-0.1, -0.05) is 0 Å². The number of aromatic nitrogens is 1. The third kappa shape index (κ3) is 5.05. The fourth-order valence-electron chi connectivity index (χ4n) is 2.71. The molecule has 5 nitrogen and oxygen atoms in total. The summed E-state index contributed by atoms with van der Waals surface area (Å²) in [5, 5.41) is 3.57. The number of likely N-dealkylation sites (tertiary alicyclic amines) is 1. The molecule has 0 aromatic carbocycles. The number of amides is 1. The molecule has 0 unspecified atom stereocenters. The summed E-state index contributed by atoms with van der Waals surface area (Å²) >= 11 is 0. The molecule has 124 valence electrons. The molecule has 2 rings (SSSR count). The van der Waals surface area contributed by atoms with Crippen molar-refractivity contribution in [3.63, 3.8) is 0 Å². The maximum atomic E-state index is 12.0. The zero-order valence-electron chi connectivity index (χ0n) is 14.2. The first-order valence-electron chi connectivity index (χ1n) is 8.20. The van der Waals surface area contributed by atoms with Crippen LogP contribution in [0.1, 0.15) is 52.3 Å². The van der Waals surface area contributed by atoms with E-state index in [1.807, 2.05) is 37.9 Å². The molecule has 1 amide bonds. The van der Waals surface area contributed by atoms with Crippen LogP contribution in [0.25, 0.3) is 0 Å². The van der Waals surface area contributed by atoms with Crippen LogP contribution in [0.4, 0.5) is 4.79 Å². The quantitative estimate of drug-likeness (QED) is 0.897. The largest absolute Gasteiger partial charge is 0.444 e. The highest BCUT2D eigenvalue weighted by molar-refractivity contribution is 5.68. The first kappa shape index (κ1) is 16.9. The number of H-pyrrole nitrogens is 1. The van der Waals surface area contributed by atoms with Crippen molar-refractivity contribution in [3.05, 3.63) is 24.0 Å². The highest BCUT2D eigenvalue weighted by Crippen LogP contribution is 2.20. The molecule has 1 aliphatic rings. The Balaban J connectivity index is 1.70.